The molecule has 0 saturated heterocycles. The van der Waals surface area contributed by atoms with E-state index in [2.05, 4.69) is 15.9 Å². The lowest BCUT2D eigenvalue weighted by atomic mass is 10.2. The highest BCUT2D eigenvalue weighted by Crippen LogP contribution is 2.30. The SMILES string of the molecule is CC(C)N(Cc1cccc(N)c1)S(=O)(=O)c1ccc(Br)s1. The molecule has 0 bridgehead atoms. The molecule has 114 valence electrons. The Labute approximate surface area is 137 Å². The molecular weight excluding hydrogens is 372 g/mol. The van der Waals surface area contributed by atoms with E-state index in [0.29, 0.717) is 16.4 Å². The first kappa shape index (κ1) is 16.5. The van der Waals surface area contributed by atoms with Gasteiger partial charge in [0.05, 0.1) is 3.79 Å². The Hall–Kier alpha value is -0.890. The lowest BCUT2D eigenvalue weighted by Crippen LogP contribution is -2.36. The molecule has 0 radical (unpaired) electrons. The monoisotopic (exact) mass is 388 g/mol. The third-order valence-corrected chi connectivity index (χ3v) is 7.09. The van der Waals surface area contributed by atoms with Crippen molar-refractivity contribution in [1.82, 2.24) is 4.31 Å². The third kappa shape index (κ3) is 3.85. The molecule has 0 aliphatic carbocycles. The zero-order chi connectivity index (χ0) is 15.6. The number of nitrogen functional groups attached to an aromatic ring is 1. The van der Waals surface area contributed by atoms with Gasteiger partial charge in [0.15, 0.2) is 0 Å². The summed E-state index contributed by atoms with van der Waals surface area (Å²) in [6, 6.07) is 10.5. The predicted molar refractivity (Wildman–Crippen MR) is 90.7 cm³/mol. The van der Waals surface area contributed by atoms with Crippen LogP contribution in [0.5, 0.6) is 0 Å². The van der Waals surface area contributed by atoms with Gasteiger partial charge < -0.3 is 5.73 Å². The first-order chi connectivity index (χ1) is 9.80. The van der Waals surface area contributed by atoms with Gasteiger partial charge in [-0.05, 0) is 59.6 Å². The maximum Gasteiger partial charge on any atom is 0.253 e. The second kappa shape index (κ2) is 6.48. The third-order valence-electron chi connectivity index (χ3n) is 2.98. The molecule has 0 fully saturated rings. The fourth-order valence-corrected chi connectivity index (χ4v) is 5.73. The van der Waals surface area contributed by atoms with Crippen molar-refractivity contribution in [3.05, 3.63) is 45.7 Å². The minimum Gasteiger partial charge on any atom is -0.399 e. The van der Waals surface area contributed by atoms with Crippen molar-refractivity contribution in [2.45, 2.75) is 30.6 Å². The quantitative estimate of drug-likeness (QED) is 0.794. The molecule has 2 aromatic rings. The van der Waals surface area contributed by atoms with Gasteiger partial charge in [-0.15, -0.1) is 11.3 Å². The number of anilines is 1. The Morgan fingerprint density at radius 3 is 2.52 bits per heavy atom. The lowest BCUT2D eigenvalue weighted by Gasteiger charge is -2.25. The summed E-state index contributed by atoms with van der Waals surface area (Å²) in [5.74, 6) is 0. The number of nitrogens with two attached hydrogens (primary N) is 1. The summed E-state index contributed by atoms with van der Waals surface area (Å²) in [5, 5.41) is 0. The molecule has 0 spiro atoms. The number of rotatable bonds is 5. The minimum absolute atomic E-state index is 0.141. The highest BCUT2D eigenvalue weighted by Gasteiger charge is 2.28. The van der Waals surface area contributed by atoms with Crippen LogP contribution in [0.3, 0.4) is 0 Å². The summed E-state index contributed by atoms with van der Waals surface area (Å²) in [6.07, 6.45) is 0. The van der Waals surface area contributed by atoms with Gasteiger partial charge in [-0.25, -0.2) is 8.42 Å². The highest BCUT2D eigenvalue weighted by molar-refractivity contribution is 9.11. The minimum atomic E-state index is -3.51. The number of hydrogen-bond donors (Lipinski definition) is 1. The maximum atomic E-state index is 12.8. The van der Waals surface area contributed by atoms with Crippen LogP contribution in [0.2, 0.25) is 0 Å². The van der Waals surface area contributed by atoms with Crippen molar-refractivity contribution in [1.29, 1.82) is 0 Å². The van der Waals surface area contributed by atoms with E-state index in [0.717, 1.165) is 9.35 Å². The van der Waals surface area contributed by atoms with E-state index in [1.165, 1.54) is 15.6 Å². The van der Waals surface area contributed by atoms with Crippen molar-refractivity contribution in [3.63, 3.8) is 0 Å². The van der Waals surface area contributed by atoms with Gasteiger partial charge >= 0.3 is 0 Å². The molecule has 0 unspecified atom stereocenters. The van der Waals surface area contributed by atoms with Gasteiger partial charge in [0.1, 0.15) is 4.21 Å². The second-order valence-electron chi connectivity index (χ2n) is 4.95. The molecule has 1 aromatic carbocycles. The van der Waals surface area contributed by atoms with Crippen LogP contribution in [0.1, 0.15) is 19.4 Å². The summed E-state index contributed by atoms with van der Waals surface area (Å²) >= 11 is 4.52. The topological polar surface area (TPSA) is 63.4 Å². The van der Waals surface area contributed by atoms with E-state index in [9.17, 15) is 8.42 Å². The normalized spacial score (nSPS) is 12.2. The van der Waals surface area contributed by atoms with Gasteiger partial charge in [-0.3, -0.25) is 0 Å². The van der Waals surface area contributed by atoms with Crippen LogP contribution in [0, 0.1) is 0 Å². The lowest BCUT2D eigenvalue weighted by molar-refractivity contribution is 0.349. The Morgan fingerprint density at radius 1 is 1.29 bits per heavy atom. The number of hydrogen-bond acceptors (Lipinski definition) is 4. The van der Waals surface area contributed by atoms with Gasteiger partial charge in [0.2, 0.25) is 0 Å². The van der Waals surface area contributed by atoms with Crippen LogP contribution in [-0.4, -0.2) is 18.8 Å². The van der Waals surface area contributed by atoms with E-state index in [1.54, 1.807) is 24.3 Å². The summed E-state index contributed by atoms with van der Waals surface area (Å²) in [4.78, 5) is 0. The fourth-order valence-electron chi connectivity index (χ4n) is 1.97. The smallest absolute Gasteiger partial charge is 0.253 e. The molecule has 21 heavy (non-hydrogen) atoms. The van der Waals surface area contributed by atoms with Gasteiger partial charge in [0, 0.05) is 18.3 Å². The van der Waals surface area contributed by atoms with Crippen LogP contribution < -0.4 is 5.73 Å². The molecule has 0 atom stereocenters. The molecule has 2 N–H and O–H groups in total. The average Bonchev–Trinajstić information content (AvgIpc) is 2.83. The molecule has 0 aliphatic heterocycles. The van der Waals surface area contributed by atoms with Gasteiger partial charge in [-0.1, -0.05) is 12.1 Å². The number of thiophene rings is 1. The van der Waals surface area contributed by atoms with Crippen molar-refractivity contribution in [2.24, 2.45) is 0 Å². The van der Waals surface area contributed by atoms with Crippen molar-refractivity contribution in [3.8, 4) is 0 Å². The Balaban J connectivity index is 2.35. The van der Waals surface area contributed by atoms with E-state index >= 15 is 0 Å². The second-order valence-corrected chi connectivity index (χ2v) is 9.53. The zero-order valence-corrected chi connectivity index (χ0v) is 15.0. The van der Waals surface area contributed by atoms with Crippen LogP contribution in [0.4, 0.5) is 5.69 Å². The first-order valence-electron chi connectivity index (χ1n) is 6.42. The molecule has 4 nitrogen and oxygen atoms in total. The van der Waals surface area contributed by atoms with Crippen LogP contribution in [-0.2, 0) is 16.6 Å². The van der Waals surface area contributed by atoms with Crippen LogP contribution >= 0.6 is 27.3 Å². The van der Waals surface area contributed by atoms with Gasteiger partial charge in [-0.2, -0.15) is 4.31 Å². The number of sulfonamides is 1. The van der Waals surface area contributed by atoms with E-state index in [-0.39, 0.29) is 6.04 Å². The standard InChI is InChI=1S/C14H17BrN2O2S2/c1-10(2)17(9-11-4-3-5-12(16)8-11)21(18,19)14-7-6-13(15)20-14/h3-8,10H,9,16H2,1-2H3. The molecule has 0 saturated carbocycles. The Kier molecular flexibility index (Phi) is 5.08. The average molecular weight is 389 g/mol. The maximum absolute atomic E-state index is 12.8. The fraction of sp³-hybridized carbons (Fsp3) is 0.286. The molecule has 0 amide bonds. The Bertz CT molecular complexity index is 726. The summed E-state index contributed by atoms with van der Waals surface area (Å²) in [7, 11) is -3.51. The van der Waals surface area contributed by atoms with Crippen molar-refractivity contribution in [2.75, 3.05) is 5.73 Å². The molecule has 0 aliphatic rings. The number of benzene rings is 1. The zero-order valence-electron chi connectivity index (χ0n) is 11.8. The highest BCUT2D eigenvalue weighted by atomic mass is 79.9. The summed E-state index contributed by atoms with van der Waals surface area (Å²) < 4.78 is 28.1. The van der Waals surface area contributed by atoms with Crippen LogP contribution in [0.25, 0.3) is 0 Å². The molecule has 1 aromatic heterocycles. The van der Waals surface area contributed by atoms with Crippen molar-refractivity contribution < 1.29 is 8.42 Å². The van der Waals surface area contributed by atoms with E-state index < -0.39 is 10.0 Å². The van der Waals surface area contributed by atoms with Crippen LogP contribution in [0.15, 0.2) is 44.4 Å². The summed E-state index contributed by atoms with van der Waals surface area (Å²) in [5.41, 5.74) is 7.27. The first-order valence-corrected chi connectivity index (χ1v) is 9.47. The Morgan fingerprint density at radius 2 is 2.00 bits per heavy atom. The molecule has 2 rings (SSSR count). The predicted octanol–water partition coefficient (Wildman–Crippen LogP) is 3.69. The largest absolute Gasteiger partial charge is 0.399 e. The van der Waals surface area contributed by atoms with Gasteiger partial charge in [0.25, 0.3) is 10.0 Å². The molecule has 7 heteroatoms. The molecule has 1 heterocycles. The van der Waals surface area contributed by atoms with Crippen molar-refractivity contribution >= 4 is 43.0 Å². The van der Waals surface area contributed by atoms with E-state index in [1.807, 2.05) is 26.0 Å². The number of halogens is 1. The summed E-state index contributed by atoms with van der Waals surface area (Å²) in [6.45, 7) is 4.04. The number of nitrogens with zero attached hydrogens (tertiary/aromatic N) is 1. The van der Waals surface area contributed by atoms with E-state index in [4.69, 9.17) is 5.73 Å². The molecular formula is C14H17BrN2O2S2.